The van der Waals surface area contributed by atoms with Crippen molar-refractivity contribution in [1.29, 1.82) is 0 Å². The van der Waals surface area contributed by atoms with Crippen LogP contribution in [0.2, 0.25) is 5.02 Å². The minimum atomic E-state index is -3.93. The normalized spacial score (nSPS) is 23.5. The fraction of sp³-hybridized carbons (Fsp3) is 0.621. The monoisotopic (exact) mass is 652 g/mol. The zero-order chi connectivity index (χ0) is 30.9. The topological polar surface area (TPSA) is 122 Å². The molecule has 2 aromatic rings. The van der Waals surface area contributed by atoms with E-state index in [0.717, 1.165) is 60.3 Å². The Morgan fingerprint density at radius 1 is 1.12 bits per heavy atom. The van der Waals surface area contributed by atoms with Crippen molar-refractivity contribution in [3.05, 3.63) is 29.3 Å². The average molecular weight is 653 g/mol. The summed E-state index contributed by atoms with van der Waals surface area (Å²) in [5, 5.41) is 4.20. The first-order valence-corrected chi connectivity index (χ1v) is 17.6. The first kappa shape index (κ1) is 32.0. The molecule has 11 nitrogen and oxygen atoms in total. The summed E-state index contributed by atoms with van der Waals surface area (Å²) in [7, 11) is -2.10. The number of thiophene rings is 1. The molecule has 14 heteroatoms. The van der Waals surface area contributed by atoms with Gasteiger partial charge in [0.05, 0.1) is 6.54 Å². The number of carbonyl (C=O) groups is 3. The lowest BCUT2D eigenvalue weighted by atomic mass is 10.1. The minimum absolute atomic E-state index is 0.0525. The van der Waals surface area contributed by atoms with Crippen molar-refractivity contribution >= 4 is 60.9 Å². The maximum absolute atomic E-state index is 13.5. The first-order chi connectivity index (χ1) is 20.4. The highest BCUT2D eigenvalue weighted by molar-refractivity contribution is 7.91. The van der Waals surface area contributed by atoms with Crippen LogP contribution in [0.1, 0.15) is 46.0 Å². The van der Waals surface area contributed by atoms with Crippen molar-refractivity contribution in [2.24, 2.45) is 0 Å². The van der Waals surface area contributed by atoms with Gasteiger partial charge >= 0.3 is 6.03 Å². The van der Waals surface area contributed by atoms with Crippen molar-refractivity contribution < 1.29 is 22.8 Å². The Kier molecular flexibility index (Phi) is 9.86. The molecule has 0 radical (unpaired) electrons. The highest BCUT2D eigenvalue weighted by Crippen LogP contribution is 2.31. The van der Waals surface area contributed by atoms with E-state index in [1.807, 2.05) is 25.8 Å². The molecule has 5 rings (SSSR count). The molecule has 0 bridgehead atoms. The molecule has 3 fully saturated rings. The van der Waals surface area contributed by atoms with E-state index in [4.69, 9.17) is 11.6 Å². The maximum Gasteiger partial charge on any atom is 0.317 e. The summed E-state index contributed by atoms with van der Waals surface area (Å²) in [5.41, 5.74) is 0. The Balaban J connectivity index is 1.15. The number of urea groups is 1. The lowest BCUT2D eigenvalue weighted by Gasteiger charge is -2.35. The standard InChI is InChI=1S/C29H41ClN6O5S2/c1-19(2)31-29(39)33(3)22-10-13-34(16-22)17-23-6-4-12-36(23)26(37)18-35-11-5-7-24(28(35)38)32-43(40,41)27-15-20-14-21(30)8-9-25(20)42-27/h8-9,14-15,19,22-24,32H,4-7,10-13,16-18H2,1-3H3,(H,31,39)/t22?,23-,24-/m0/s1. The van der Waals surface area contributed by atoms with Crippen LogP contribution in [0, 0.1) is 0 Å². The van der Waals surface area contributed by atoms with E-state index >= 15 is 0 Å². The van der Waals surface area contributed by atoms with Gasteiger partial charge in [0.1, 0.15) is 10.3 Å². The summed E-state index contributed by atoms with van der Waals surface area (Å²) in [5.74, 6) is -0.474. The van der Waals surface area contributed by atoms with Crippen LogP contribution in [-0.4, -0.2) is 116 Å². The third kappa shape index (κ3) is 7.44. The molecule has 3 aliphatic heterocycles. The minimum Gasteiger partial charge on any atom is -0.337 e. The van der Waals surface area contributed by atoms with Crippen LogP contribution in [-0.2, 0) is 19.6 Å². The highest BCUT2D eigenvalue weighted by Gasteiger charge is 2.38. The van der Waals surface area contributed by atoms with Crippen LogP contribution >= 0.6 is 22.9 Å². The second-order valence-electron chi connectivity index (χ2n) is 12.1. The zero-order valence-electron chi connectivity index (χ0n) is 24.9. The quantitative estimate of drug-likeness (QED) is 0.430. The Morgan fingerprint density at radius 3 is 2.65 bits per heavy atom. The van der Waals surface area contributed by atoms with E-state index in [9.17, 15) is 22.8 Å². The summed E-state index contributed by atoms with van der Waals surface area (Å²) in [4.78, 5) is 46.7. The third-order valence-corrected chi connectivity index (χ3v) is 11.9. The number of rotatable bonds is 9. The number of likely N-dealkylation sites (N-methyl/N-ethyl adjacent to an activating group) is 1. The van der Waals surface area contributed by atoms with Gasteiger partial charge in [0.2, 0.25) is 11.8 Å². The van der Waals surface area contributed by atoms with E-state index in [-0.39, 0.29) is 46.7 Å². The summed E-state index contributed by atoms with van der Waals surface area (Å²) < 4.78 is 29.9. The molecule has 1 aromatic heterocycles. The summed E-state index contributed by atoms with van der Waals surface area (Å²) in [6, 6.07) is 6.04. The Hall–Kier alpha value is -2.45. The van der Waals surface area contributed by atoms with E-state index in [2.05, 4.69) is 14.9 Å². The molecule has 3 saturated heterocycles. The lowest BCUT2D eigenvalue weighted by Crippen LogP contribution is -2.55. The molecule has 4 amide bonds. The van der Waals surface area contributed by atoms with Gasteiger partial charge in [-0.05, 0) is 75.6 Å². The van der Waals surface area contributed by atoms with Crippen LogP contribution < -0.4 is 10.0 Å². The second-order valence-corrected chi connectivity index (χ2v) is 15.6. The number of amides is 4. The first-order valence-electron chi connectivity index (χ1n) is 15.0. The summed E-state index contributed by atoms with van der Waals surface area (Å²) >= 11 is 7.18. The Bertz CT molecular complexity index is 1470. The molecule has 4 heterocycles. The molecule has 43 heavy (non-hydrogen) atoms. The van der Waals surface area contributed by atoms with Crippen LogP contribution in [0.15, 0.2) is 28.5 Å². The number of benzene rings is 1. The van der Waals surface area contributed by atoms with Gasteiger partial charge in [0, 0.05) is 67.6 Å². The van der Waals surface area contributed by atoms with Crippen molar-refractivity contribution in [2.75, 3.05) is 46.3 Å². The van der Waals surface area contributed by atoms with E-state index in [0.29, 0.717) is 31.0 Å². The SMILES string of the molecule is CC(C)NC(=O)N(C)C1CCN(C[C@@H]2CCCN2C(=O)CN2CCC[C@H](NS(=O)(=O)c3cc4cc(Cl)ccc4s3)C2=O)C1. The Morgan fingerprint density at radius 2 is 1.88 bits per heavy atom. The number of sulfonamides is 1. The number of piperidine rings is 1. The fourth-order valence-electron chi connectivity index (χ4n) is 6.29. The van der Waals surface area contributed by atoms with Gasteiger partial charge in [-0.2, -0.15) is 4.72 Å². The molecular weight excluding hydrogens is 612 g/mol. The van der Waals surface area contributed by atoms with Gasteiger partial charge in [-0.3, -0.25) is 14.5 Å². The van der Waals surface area contributed by atoms with Gasteiger partial charge in [-0.1, -0.05) is 11.6 Å². The predicted octanol–water partition coefficient (Wildman–Crippen LogP) is 2.94. The van der Waals surface area contributed by atoms with Gasteiger partial charge in [0.15, 0.2) is 0 Å². The zero-order valence-corrected chi connectivity index (χ0v) is 27.3. The number of likely N-dealkylation sites (tertiary alicyclic amines) is 3. The molecule has 2 N–H and O–H groups in total. The maximum atomic E-state index is 13.5. The van der Waals surface area contributed by atoms with Gasteiger partial charge in [0.25, 0.3) is 10.0 Å². The smallest absolute Gasteiger partial charge is 0.317 e. The van der Waals surface area contributed by atoms with Crippen LogP contribution in [0.3, 0.4) is 0 Å². The summed E-state index contributed by atoms with van der Waals surface area (Å²) in [6.45, 7) is 7.25. The molecule has 0 aliphatic carbocycles. The van der Waals surface area contributed by atoms with Crippen LogP contribution in [0.4, 0.5) is 4.79 Å². The molecular formula is C29H41ClN6O5S2. The number of hydrogen-bond acceptors (Lipinski definition) is 7. The van der Waals surface area contributed by atoms with Gasteiger partial charge < -0.3 is 20.0 Å². The van der Waals surface area contributed by atoms with Crippen molar-refractivity contribution in [3.8, 4) is 0 Å². The number of carbonyl (C=O) groups excluding carboxylic acids is 3. The molecule has 3 atom stereocenters. The second kappa shape index (κ2) is 13.3. The number of hydrogen-bond donors (Lipinski definition) is 2. The Labute approximate surface area is 262 Å². The molecule has 236 valence electrons. The van der Waals surface area contributed by atoms with Crippen molar-refractivity contribution in [1.82, 2.24) is 29.6 Å². The van der Waals surface area contributed by atoms with E-state index < -0.39 is 16.1 Å². The van der Waals surface area contributed by atoms with Crippen LogP contribution in [0.5, 0.6) is 0 Å². The van der Waals surface area contributed by atoms with Crippen molar-refractivity contribution in [2.45, 2.75) is 74.3 Å². The largest absolute Gasteiger partial charge is 0.337 e. The molecule has 0 spiro atoms. The van der Waals surface area contributed by atoms with Crippen molar-refractivity contribution in [3.63, 3.8) is 0 Å². The average Bonchev–Trinajstić information content (AvgIpc) is 3.70. The molecule has 3 aliphatic rings. The number of nitrogens with one attached hydrogen (secondary N) is 2. The lowest BCUT2D eigenvalue weighted by molar-refractivity contribution is -0.143. The fourth-order valence-corrected chi connectivity index (χ4v) is 9.09. The number of fused-ring (bicyclic) bond motifs is 1. The highest BCUT2D eigenvalue weighted by atomic mass is 35.5. The molecule has 1 aromatic carbocycles. The van der Waals surface area contributed by atoms with Crippen LogP contribution in [0.25, 0.3) is 10.1 Å². The number of halogens is 1. The predicted molar refractivity (Wildman–Crippen MR) is 168 cm³/mol. The van der Waals surface area contributed by atoms with Gasteiger partial charge in [-0.25, -0.2) is 13.2 Å². The summed E-state index contributed by atoms with van der Waals surface area (Å²) in [6.07, 6.45) is 3.67. The number of nitrogens with zero attached hydrogens (tertiary/aromatic N) is 4. The third-order valence-electron chi connectivity index (χ3n) is 8.57. The molecule has 1 unspecified atom stereocenters. The van der Waals surface area contributed by atoms with E-state index in [1.165, 1.54) is 4.90 Å². The van der Waals surface area contributed by atoms with E-state index in [1.54, 1.807) is 29.2 Å². The molecule has 0 saturated carbocycles. The van der Waals surface area contributed by atoms with Gasteiger partial charge in [-0.15, -0.1) is 11.3 Å².